The normalized spacial score (nSPS) is 8.14. The summed E-state index contributed by atoms with van der Waals surface area (Å²) in [5, 5.41) is 0. The highest BCUT2D eigenvalue weighted by atomic mass is 28.3. The molecule has 0 saturated heterocycles. The standard InChI is InChI=1S/C3H8O3Si/c1-2-3-6-7(4)5/h4H,2-3H2,1H3. The second kappa shape index (κ2) is 3.79. The molecule has 0 unspecified atom stereocenters. The first-order chi connectivity index (χ1) is 3.27. The molecule has 0 aliphatic heterocycles. The van der Waals surface area contributed by atoms with Crippen LogP contribution in [0.2, 0.25) is 0 Å². The van der Waals surface area contributed by atoms with Crippen LogP contribution < -0.4 is 0 Å². The van der Waals surface area contributed by atoms with Gasteiger partial charge in [0.25, 0.3) is 0 Å². The maximum atomic E-state index is 9.72. The van der Waals surface area contributed by atoms with E-state index in [9.17, 15) is 4.46 Å². The van der Waals surface area contributed by atoms with E-state index in [1.165, 1.54) is 0 Å². The van der Waals surface area contributed by atoms with Crippen LogP contribution >= 0.6 is 0 Å². The van der Waals surface area contributed by atoms with Gasteiger partial charge in [0.1, 0.15) is 0 Å². The largest absolute Gasteiger partial charge is 0.764 e. The molecule has 1 N–H and O–H groups in total. The third kappa shape index (κ3) is 5.62. The summed E-state index contributed by atoms with van der Waals surface area (Å²) < 4.78 is 14.0. The second-order valence-corrected chi connectivity index (χ2v) is 1.93. The highest BCUT2D eigenvalue weighted by Gasteiger charge is 1.98. The van der Waals surface area contributed by atoms with E-state index in [0.717, 1.165) is 6.42 Å². The molecule has 4 heteroatoms. The van der Waals surface area contributed by atoms with Gasteiger partial charge in [-0.3, -0.25) is 4.46 Å². The summed E-state index contributed by atoms with van der Waals surface area (Å²) >= 11 is 0. The summed E-state index contributed by atoms with van der Waals surface area (Å²) in [6, 6.07) is 0. The fraction of sp³-hybridized carbons (Fsp3) is 1.00. The topological polar surface area (TPSA) is 46.5 Å². The van der Waals surface area contributed by atoms with E-state index >= 15 is 0 Å². The third-order valence-corrected chi connectivity index (χ3v) is 0.881. The van der Waals surface area contributed by atoms with Crippen LogP contribution in [-0.4, -0.2) is 20.6 Å². The Kier molecular flexibility index (Phi) is 3.59. The molecule has 0 spiro atoms. The molecule has 0 atom stereocenters. The Morgan fingerprint density at radius 3 is 2.57 bits per heavy atom. The van der Waals surface area contributed by atoms with Crippen LogP contribution in [0.5, 0.6) is 0 Å². The first-order valence-electron chi connectivity index (χ1n) is 2.13. The zero-order valence-electron chi connectivity index (χ0n) is 4.18. The summed E-state index contributed by atoms with van der Waals surface area (Å²) in [6.45, 7) is 2.26. The van der Waals surface area contributed by atoms with Gasteiger partial charge in [0.15, 0.2) is 0 Å². The molecule has 0 aromatic carbocycles. The van der Waals surface area contributed by atoms with Gasteiger partial charge in [0.05, 0.1) is 6.61 Å². The van der Waals surface area contributed by atoms with E-state index in [0.29, 0.717) is 6.61 Å². The van der Waals surface area contributed by atoms with Gasteiger partial charge in [-0.25, -0.2) is 0 Å². The van der Waals surface area contributed by atoms with Crippen molar-refractivity contribution in [2.75, 3.05) is 6.61 Å². The summed E-state index contributed by atoms with van der Waals surface area (Å²) in [5.74, 6) is 0. The Balaban J connectivity index is 2.82. The number of rotatable bonds is 3. The van der Waals surface area contributed by atoms with Crippen LogP contribution in [0.25, 0.3) is 0 Å². The van der Waals surface area contributed by atoms with Crippen LogP contribution in [0.15, 0.2) is 0 Å². The lowest BCUT2D eigenvalue weighted by molar-refractivity contribution is 0.224. The van der Waals surface area contributed by atoms with Crippen molar-refractivity contribution in [1.82, 2.24) is 0 Å². The zero-order chi connectivity index (χ0) is 5.70. The summed E-state index contributed by atoms with van der Waals surface area (Å²) in [7, 11) is -2.65. The van der Waals surface area contributed by atoms with Crippen LogP contribution in [-0.2, 0) is 8.89 Å². The van der Waals surface area contributed by atoms with Crippen molar-refractivity contribution < 1.29 is 13.7 Å². The first-order valence-corrected chi connectivity index (χ1v) is 3.39. The number of hydrogen-bond donors (Lipinski definition) is 1. The molecule has 0 rings (SSSR count). The molecular weight excluding hydrogens is 112 g/mol. The van der Waals surface area contributed by atoms with Crippen molar-refractivity contribution in [3.05, 3.63) is 0 Å². The minimum Gasteiger partial charge on any atom is -0.511 e. The molecule has 0 aliphatic rings. The Morgan fingerprint density at radius 1 is 1.86 bits per heavy atom. The van der Waals surface area contributed by atoms with Crippen LogP contribution in [0.3, 0.4) is 0 Å². The molecule has 3 nitrogen and oxygen atoms in total. The van der Waals surface area contributed by atoms with Crippen LogP contribution in [0, 0.1) is 0 Å². The lowest BCUT2D eigenvalue weighted by atomic mass is 10.5. The molecule has 0 aliphatic carbocycles. The molecule has 0 amide bonds. The summed E-state index contributed by atoms with van der Waals surface area (Å²) in [6.07, 6.45) is 0.789. The minimum atomic E-state index is -2.65. The molecular formula is C3H8O3Si. The van der Waals surface area contributed by atoms with E-state index in [2.05, 4.69) is 4.43 Å². The molecule has 0 bridgehead atoms. The van der Waals surface area contributed by atoms with Crippen molar-refractivity contribution in [2.45, 2.75) is 13.3 Å². The van der Waals surface area contributed by atoms with Crippen molar-refractivity contribution in [1.29, 1.82) is 0 Å². The van der Waals surface area contributed by atoms with Crippen molar-refractivity contribution in [3.8, 4) is 0 Å². The zero-order valence-corrected chi connectivity index (χ0v) is 5.18. The maximum absolute atomic E-state index is 9.72. The van der Waals surface area contributed by atoms with E-state index in [4.69, 9.17) is 4.80 Å². The molecule has 0 aromatic rings. The van der Waals surface area contributed by atoms with Gasteiger partial charge in [-0.15, -0.1) is 0 Å². The van der Waals surface area contributed by atoms with Gasteiger partial charge >= 0.3 is 9.17 Å². The predicted octanol–water partition coefficient (Wildman–Crippen LogP) is -0.179. The van der Waals surface area contributed by atoms with E-state index in [1.54, 1.807) is 0 Å². The van der Waals surface area contributed by atoms with Gasteiger partial charge in [0.2, 0.25) is 0 Å². The fourth-order valence-corrected chi connectivity index (χ4v) is 0.568. The maximum Gasteiger partial charge on any atom is 0.764 e. The quantitative estimate of drug-likeness (QED) is 0.525. The molecule has 42 valence electrons. The molecule has 0 heterocycles. The van der Waals surface area contributed by atoms with Gasteiger partial charge in [-0.05, 0) is 6.42 Å². The van der Waals surface area contributed by atoms with Gasteiger partial charge in [-0.2, -0.15) is 0 Å². The molecule has 0 fully saturated rings. The lowest BCUT2D eigenvalue weighted by Gasteiger charge is -1.91. The Hall–Kier alpha value is -0.383. The average Bonchev–Trinajstić information content (AvgIpc) is 1.61. The van der Waals surface area contributed by atoms with Crippen molar-refractivity contribution >= 4 is 9.17 Å². The van der Waals surface area contributed by atoms with E-state index in [1.807, 2.05) is 6.92 Å². The predicted molar refractivity (Wildman–Crippen MR) is 24.9 cm³/mol. The average molecular weight is 120 g/mol. The fourth-order valence-electron chi connectivity index (χ4n) is 0.189. The van der Waals surface area contributed by atoms with Gasteiger partial charge in [0, 0.05) is 0 Å². The molecule has 0 aromatic heterocycles. The molecule has 0 radical (unpaired) electrons. The summed E-state index contributed by atoms with van der Waals surface area (Å²) in [5.41, 5.74) is 0. The van der Waals surface area contributed by atoms with E-state index in [-0.39, 0.29) is 0 Å². The van der Waals surface area contributed by atoms with Crippen molar-refractivity contribution in [2.24, 2.45) is 0 Å². The highest BCUT2D eigenvalue weighted by molar-refractivity contribution is 6.24. The monoisotopic (exact) mass is 120 g/mol. The van der Waals surface area contributed by atoms with Gasteiger partial charge < -0.3 is 9.22 Å². The van der Waals surface area contributed by atoms with Crippen LogP contribution in [0.4, 0.5) is 0 Å². The Morgan fingerprint density at radius 2 is 2.43 bits per heavy atom. The SMILES string of the molecule is CCCO[Si](=O)O. The Labute approximate surface area is 43.8 Å². The minimum absolute atomic E-state index is 0.383. The van der Waals surface area contributed by atoms with Crippen LogP contribution in [0.1, 0.15) is 13.3 Å². The molecule has 0 saturated carbocycles. The van der Waals surface area contributed by atoms with Crippen molar-refractivity contribution in [3.63, 3.8) is 0 Å². The highest BCUT2D eigenvalue weighted by Crippen LogP contribution is 1.75. The lowest BCUT2D eigenvalue weighted by Crippen LogP contribution is -2.05. The Bertz CT molecular complexity index is 63.2. The number of hydrogen-bond acceptors (Lipinski definition) is 2. The second-order valence-electron chi connectivity index (χ2n) is 1.11. The third-order valence-electron chi connectivity index (χ3n) is 0.430. The summed E-state index contributed by atoms with van der Waals surface area (Å²) in [4.78, 5) is 8.01. The first kappa shape index (κ1) is 6.62. The van der Waals surface area contributed by atoms with Gasteiger partial charge in [-0.1, -0.05) is 6.92 Å². The molecule has 7 heavy (non-hydrogen) atoms. The smallest absolute Gasteiger partial charge is 0.511 e. The van der Waals surface area contributed by atoms with E-state index < -0.39 is 9.17 Å².